The van der Waals surface area contributed by atoms with Gasteiger partial charge in [0.2, 0.25) is 0 Å². The third-order valence-corrected chi connectivity index (χ3v) is 1.33. The highest BCUT2D eigenvalue weighted by Gasteiger charge is 2.29. The van der Waals surface area contributed by atoms with Crippen LogP contribution >= 0.6 is 12.4 Å². The Bertz CT molecular complexity index is 363. The van der Waals surface area contributed by atoms with E-state index in [2.05, 4.69) is 5.10 Å². The molecule has 3 N–H and O–H groups in total. The van der Waals surface area contributed by atoms with Crippen LogP contribution in [0.25, 0.3) is 0 Å². The van der Waals surface area contributed by atoms with E-state index in [0.717, 1.165) is 6.20 Å². The number of nitrogens with zero attached hydrogens (tertiary/aromatic N) is 2. The van der Waals surface area contributed by atoms with Crippen LogP contribution in [0.15, 0.2) is 6.20 Å². The number of aromatic nitrogens is 2. The minimum absolute atomic E-state index is 0. The molecule has 0 aromatic carbocycles. The summed E-state index contributed by atoms with van der Waals surface area (Å²) < 4.78 is 35.9. The van der Waals surface area contributed by atoms with Gasteiger partial charge in [0.05, 0.1) is 5.69 Å². The highest BCUT2D eigenvalue weighted by molar-refractivity contribution is 5.91. The molecular formula is C6H7ClF3N3O2. The summed E-state index contributed by atoms with van der Waals surface area (Å²) in [5.41, 5.74) is 4.26. The third kappa shape index (κ3) is 3.66. The molecule has 0 saturated carbocycles. The zero-order chi connectivity index (χ0) is 10.9. The van der Waals surface area contributed by atoms with E-state index in [1.54, 1.807) is 0 Å². The SMILES string of the molecule is Cl.Nc1cn(CC(F)(F)F)nc1C(=O)O. The van der Waals surface area contributed by atoms with Crippen LogP contribution in [0.5, 0.6) is 0 Å². The van der Waals surface area contributed by atoms with Crippen molar-refractivity contribution in [1.82, 2.24) is 9.78 Å². The lowest BCUT2D eigenvalue weighted by Gasteiger charge is -2.04. The molecule has 9 heteroatoms. The molecule has 1 heterocycles. The van der Waals surface area contributed by atoms with Crippen LogP contribution in [0.3, 0.4) is 0 Å². The lowest BCUT2D eigenvalue weighted by atomic mass is 10.4. The summed E-state index contributed by atoms with van der Waals surface area (Å²) >= 11 is 0. The molecule has 1 aromatic heterocycles. The van der Waals surface area contributed by atoms with Crippen molar-refractivity contribution in [3.05, 3.63) is 11.9 Å². The monoisotopic (exact) mass is 245 g/mol. The van der Waals surface area contributed by atoms with Gasteiger partial charge in [-0.2, -0.15) is 18.3 Å². The Morgan fingerprint density at radius 1 is 1.60 bits per heavy atom. The average Bonchev–Trinajstić information content (AvgIpc) is 2.26. The lowest BCUT2D eigenvalue weighted by molar-refractivity contribution is -0.142. The van der Waals surface area contributed by atoms with Crippen LogP contribution in [0, 0.1) is 0 Å². The molecule has 0 radical (unpaired) electrons. The van der Waals surface area contributed by atoms with Crippen LogP contribution in [0.1, 0.15) is 10.5 Å². The number of hydrogen-bond acceptors (Lipinski definition) is 3. The predicted octanol–water partition coefficient (Wildman–Crippen LogP) is 1.15. The summed E-state index contributed by atoms with van der Waals surface area (Å²) in [4.78, 5) is 10.4. The van der Waals surface area contributed by atoms with Gasteiger partial charge in [-0.3, -0.25) is 4.68 Å². The standard InChI is InChI=1S/C6H6F3N3O2.ClH/c7-6(8,9)2-12-1-3(10)4(11-12)5(13)14;/h1H,2,10H2,(H,13,14);1H. The molecule has 1 rings (SSSR count). The number of nitrogen functional groups attached to an aromatic ring is 1. The van der Waals surface area contributed by atoms with Crippen LogP contribution in [0.2, 0.25) is 0 Å². The molecule has 0 fully saturated rings. The Hall–Kier alpha value is -1.44. The Kier molecular flexibility index (Phi) is 3.97. The van der Waals surface area contributed by atoms with Crippen LogP contribution in [-0.4, -0.2) is 27.0 Å². The maximum atomic E-state index is 11.8. The number of alkyl halides is 3. The first-order chi connectivity index (χ1) is 6.29. The highest BCUT2D eigenvalue weighted by Crippen LogP contribution is 2.18. The maximum Gasteiger partial charge on any atom is 0.408 e. The number of rotatable bonds is 2. The fourth-order valence-corrected chi connectivity index (χ4v) is 0.868. The van der Waals surface area contributed by atoms with Gasteiger partial charge in [0.25, 0.3) is 0 Å². The van der Waals surface area contributed by atoms with Crippen LogP contribution in [-0.2, 0) is 6.54 Å². The molecule has 0 amide bonds. The van der Waals surface area contributed by atoms with Gasteiger partial charge in [-0.1, -0.05) is 0 Å². The largest absolute Gasteiger partial charge is 0.476 e. The molecule has 0 aliphatic rings. The van der Waals surface area contributed by atoms with Crippen molar-refractivity contribution in [2.45, 2.75) is 12.7 Å². The highest BCUT2D eigenvalue weighted by atomic mass is 35.5. The van der Waals surface area contributed by atoms with E-state index >= 15 is 0 Å². The summed E-state index contributed by atoms with van der Waals surface area (Å²) in [6.45, 7) is -1.36. The van der Waals surface area contributed by atoms with Gasteiger partial charge in [-0.05, 0) is 0 Å². The van der Waals surface area contributed by atoms with Crippen molar-refractivity contribution in [2.75, 3.05) is 5.73 Å². The van der Waals surface area contributed by atoms with Gasteiger partial charge >= 0.3 is 12.1 Å². The number of anilines is 1. The molecule has 0 atom stereocenters. The fourth-order valence-electron chi connectivity index (χ4n) is 0.868. The summed E-state index contributed by atoms with van der Waals surface area (Å²) in [5.74, 6) is -1.46. The molecule has 0 saturated heterocycles. The number of hydrogen-bond donors (Lipinski definition) is 2. The Morgan fingerprint density at radius 2 is 2.13 bits per heavy atom. The third-order valence-electron chi connectivity index (χ3n) is 1.33. The quantitative estimate of drug-likeness (QED) is 0.819. The molecule has 0 aliphatic heterocycles. The Morgan fingerprint density at radius 3 is 2.47 bits per heavy atom. The first kappa shape index (κ1) is 13.6. The van der Waals surface area contributed by atoms with Gasteiger partial charge in [0.1, 0.15) is 6.54 Å². The van der Waals surface area contributed by atoms with E-state index in [1.807, 2.05) is 0 Å². The number of carboxylic acid groups (broad SMARTS) is 1. The molecule has 0 aliphatic carbocycles. The van der Waals surface area contributed by atoms with Gasteiger partial charge < -0.3 is 10.8 Å². The summed E-state index contributed by atoms with van der Waals surface area (Å²) in [6.07, 6.45) is -3.62. The van der Waals surface area contributed by atoms with Crippen molar-refractivity contribution >= 4 is 24.1 Å². The summed E-state index contributed by atoms with van der Waals surface area (Å²) in [6, 6.07) is 0. The molecule has 15 heavy (non-hydrogen) atoms. The van der Waals surface area contributed by atoms with Crippen LogP contribution in [0.4, 0.5) is 18.9 Å². The second kappa shape index (κ2) is 4.39. The normalized spacial score (nSPS) is 10.9. The number of aromatic carboxylic acids is 1. The van der Waals surface area contributed by atoms with E-state index in [9.17, 15) is 18.0 Å². The van der Waals surface area contributed by atoms with E-state index in [1.165, 1.54) is 0 Å². The van der Waals surface area contributed by atoms with Crippen molar-refractivity contribution in [3.8, 4) is 0 Å². The lowest BCUT2D eigenvalue weighted by Crippen LogP contribution is -2.18. The molecular weight excluding hydrogens is 239 g/mol. The average molecular weight is 246 g/mol. The number of nitrogens with two attached hydrogens (primary N) is 1. The first-order valence-electron chi connectivity index (χ1n) is 3.42. The first-order valence-corrected chi connectivity index (χ1v) is 3.42. The zero-order valence-corrected chi connectivity index (χ0v) is 7.97. The van der Waals surface area contributed by atoms with E-state index in [4.69, 9.17) is 10.8 Å². The molecule has 1 aromatic rings. The zero-order valence-electron chi connectivity index (χ0n) is 7.15. The second-order valence-electron chi connectivity index (χ2n) is 2.55. The summed E-state index contributed by atoms with van der Waals surface area (Å²) in [5, 5.41) is 11.6. The predicted molar refractivity (Wildman–Crippen MR) is 46.9 cm³/mol. The number of halogens is 4. The Balaban J connectivity index is 0.00000196. The van der Waals surface area contributed by atoms with E-state index in [0.29, 0.717) is 4.68 Å². The number of carboxylic acids is 1. The minimum atomic E-state index is -4.45. The molecule has 0 bridgehead atoms. The van der Waals surface area contributed by atoms with Crippen molar-refractivity contribution < 1.29 is 23.1 Å². The van der Waals surface area contributed by atoms with E-state index < -0.39 is 24.4 Å². The number of carbonyl (C=O) groups is 1. The van der Waals surface area contributed by atoms with Gasteiger partial charge in [-0.25, -0.2) is 4.79 Å². The maximum absolute atomic E-state index is 11.8. The topological polar surface area (TPSA) is 81.1 Å². The van der Waals surface area contributed by atoms with Crippen molar-refractivity contribution in [3.63, 3.8) is 0 Å². The van der Waals surface area contributed by atoms with Gasteiger partial charge in [0.15, 0.2) is 5.69 Å². The fraction of sp³-hybridized carbons (Fsp3) is 0.333. The molecule has 0 unspecified atom stereocenters. The molecule has 0 spiro atoms. The second-order valence-corrected chi connectivity index (χ2v) is 2.55. The van der Waals surface area contributed by atoms with Crippen molar-refractivity contribution in [2.24, 2.45) is 0 Å². The van der Waals surface area contributed by atoms with Crippen LogP contribution < -0.4 is 5.73 Å². The summed E-state index contributed by atoms with van der Waals surface area (Å²) in [7, 11) is 0. The minimum Gasteiger partial charge on any atom is -0.476 e. The molecule has 86 valence electrons. The van der Waals surface area contributed by atoms with E-state index in [-0.39, 0.29) is 18.1 Å². The van der Waals surface area contributed by atoms with Crippen molar-refractivity contribution in [1.29, 1.82) is 0 Å². The van der Waals surface area contributed by atoms with Gasteiger partial charge in [0, 0.05) is 6.20 Å². The Labute approximate surface area is 88.1 Å². The van der Waals surface area contributed by atoms with Gasteiger partial charge in [-0.15, -0.1) is 12.4 Å². The molecule has 5 nitrogen and oxygen atoms in total. The smallest absolute Gasteiger partial charge is 0.408 e.